The average molecular weight is 463 g/mol. The summed E-state index contributed by atoms with van der Waals surface area (Å²) >= 11 is 0. The predicted octanol–water partition coefficient (Wildman–Crippen LogP) is 3.43. The van der Waals surface area contributed by atoms with Crippen molar-refractivity contribution in [1.82, 2.24) is 29.3 Å². The largest absolute Gasteiger partial charge is 0.496 e. The normalized spacial score (nSPS) is 18.2. The molecule has 0 spiro atoms. The van der Waals surface area contributed by atoms with Crippen LogP contribution in [0.15, 0.2) is 43.1 Å². The van der Waals surface area contributed by atoms with E-state index in [4.69, 9.17) is 9.84 Å². The van der Waals surface area contributed by atoms with E-state index in [0.717, 1.165) is 42.1 Å². The van der Waals surface area contributed by atoms with E-state index in [1.54, 1.807) is 48.5 Å². The summed E-state index contributed by atoms with van der Waals surface area (Å²) in [6.07, 6.45) is 9.08. The minimum absolute atomic E-state index is 0.0322. The number of benzene rings is 1. The van der Waals surface area contributed by atoms with Crippen LogP contribution in [-0.4, -0.2) is 66.6 Å². The van der Waals surface area contributed by atoms with Crippen LogP contribution < -0.4 is 10.1 Å². The van der Waals surface area contributed by atoms with Gasteiger partial charge in [0.2, 0.25) is 0 Å². The maximum Gasteiger partial charge on any atom is 0.407 e. The van der Waals surface area contributed by atoms with Gasteiger partial charge in [-0.3, -0.25) is 9.48 Å². The second-order valence-electron chi connectivity index (χ2n) is 8.50. The first-order chi connectivity index (χ1) is 16.4. The fourth-order valence-electron chi connectivity index (χ4n) is 4.60. The molecule has 0 atom stereocenters. The van der Waals surface area contributed by atoms with Crippen molar-refractivity contribution in [3.8, 4) is 5.75 Å². The summed E-state index contributed by atoms with van der Waals surface area (Å²) in [5.41, 5.74) is 2.45. The Labute approximate surface area is 194 Å². The van der Waals surface area contributed by atoms with E-state index < -0.39 is 6.09 Å². The summed E-state index contributed by atoms with van der Waals surface area (Å²) in [6.45, 7) is 0. The molecule has 0 aliphatic heterocycles. The SMILES string of the molecule is COc1cc2nn(C3CCC(N(C)C(=O)O)CC3)cc2cc1C(=O)Nc1cnn2cnccc12. The van der Waals surface area contributed by atoms with Gasteiger partial charge in [-0.25, -0.2) is 14.3 Å². The van der Waals surface area contributed by atoms with E-state index in [9.17, 15) is 14.7 Å². The molecule has 11 nitrogen and oxygen atoms in total. The van der Waals surface area contributed by atoms with E-state index in [2.05, 4.69) is 15.4 Å². The van der Waals surface area contributed by atoms with Gasteiger partial charge in [-0.15, -0.1) is 0 Å². The molecule has 0 bridgehead atoms. The molecular weight excluding hydrogens is 438 g/mol. The van der Waals surface area contributed by atoms with Crippen LogP contribution in [0.3, 0.4) is 0 Å². The number of hydrogen-bond acceptors (Lipinski definition) is 6. The molecule has 4 aromatic rings. The summed E-state index contributed by atoms with van der Waals surface area (Å²) < 4.78 is 9.01. The van der Waals surface area contributed by atoms with Crippen LogP contribution in [-0.2, 0) is 0 Å². The topological polar surface area (TPSA) is 127 Å². The number of amides is 2. The molecule has 1 aliphatic rings. The van der Waals surface area contributed by atoms with Crippen molar-refractivity contribution in [2.75, 3.05) is 19.5 Å². The maximum absolute atomic E-state index is 13.1. The molecule has 1 aromatic carbocycles. The van der Waals surface area contributed by atoms with Crippen molar-refractivity contribution in [2.24, 2.45) is 0 Å². The van der Waals surface area contributed by atoms with E-state index in [-0.39, 0.29) is 18.0 Å². The molecule has 11 heteroatoms. The summed E-state index contributed by atoms with van der Waals surface area (Å²) in [4.78, 5) is 29.8. The Morgan fingerprint density at radius 2 is 2.03 bits per heavy atom. The predicted molar refractivity (Wildman–Crippen MR) is 124 cm³/mol. The van der Waals surface area contributed by atoms with Gasteiger partial charge in [-0.05, 0) is 37.8 Å². The third kappa shape index (κ3) is 3.89. The quantitative estimate of drug-likeness (QED) is 0.464. The Kier molecular flexibility index (Phi) is 5.52. The molecule has 3 aromatic heterocycles. The lowest BCUT2D eigenvalue weighted by Gasteiger charge is -2.33. The zero-order chi connectivity index (χ0) is 23.8. The number of carbonyl (C=O) groups is 2. The second-order valence-corrected chi connectivity index (χ2v) is 8.50. The minimum Gasteiger partial charge on any atom is -0.496 e. The van der Waals surface area contributed by atoms with Crippen LogP contribution in [0.25, 0.3) is 16.4 Å². The van der Waals surface area contributed by atoms with Crippen molar-refractivity contribution in [3.63, 3.8) is 0 Å². The molecule has 0 radical (unpaired) electrons. The van der Waals surface area contributed by atoms with Gasteiger partial charge >= 0.3 is 6.09 Å². The molecule has 176 valence electrons. The fraction of sp³-hybridized carbons (Fsp3) is 0.348. The van der Waals surface area contributed by atoms with Crippen LogP contribution in [0, 0.1) is 0 Å². The molecule has 2 amide bonds. The van der Waals surface area contributed by atoms with Crippen LogP contribution >= 0.6 is 0 Å². The van der Waals surface area contributed by atoms with Crippen molar-refractivity contribution in [1.29, 1.82) is 0 Å². The molecule has 1 aliphatic carbocycles. The number of methoxy groups -OCH3 is 1. The molecular formula is C23H25N7O4. The van der Waals surface area contributed by atoms with Crippen molar-refractivity contribution in [3.05, 3.63) is 48.7 Å². The summed E-state index contributed by atoms with van der Waals surface area (Å²) in [6, 6.07) is 5.54. The van der Waals surface area contributed by atoms with Crippen LogP contribution in [0.5, 0.6) is 5.75 Å². The van der Waals surface area contributed by atoms with Gasteiger partial charge in [0.15, 0.2) is 0 Å². The summed E-state index contributed by atoms with van der Waals surface area (Å²) in [5.74, 6) is 0.121. The van der Waals surface area contributed by atoms with E-state index in [1.165, 1.54) is 12.0 Å². The highest BCUT2D eigenvalue weighted by Crippen LogP contribution is 2.33. The van der Waals surface area contributed by atoms with E-state index in [0.29, 0.717) is 17.0 Å². The van der Waals surface area contributed by atoms with Crippen LogP contribution in [0.4, 0.5) is 10.5 Å². The van der Waals surface area contributed by atoms with E-state index in [1.807, 2.05) is 10.9 Å². The number of rotatable bonds is 5. The summed E-state index contributed by atoms with van der Waals surface area (Å²) in [5, 5.41) is 21.9. The number of fused-ring (bicyclic) bond motifs is 2. The molecule has 2 N–H and O–H groups in total. The number of carboxylic acid groups (broad SMARTS) is 1. The number of nitrogens with one attached hydrogen (secondary N) is 1. The molecule has 34 heavy (non-hydrogen) atoms. The lowest BCUT2D eigenvalue weighted by Crippen LogP contribution is -2.38. The Hall–Kier alpha value is -4.15. The van der Waals surface area contributed by atoms with E-state index >= 15 is 0 Å². The maximum atomic E-state index is 13.1. The van der Waals surface area contributed by atoms with Crippen molar-refractivity contribution in [2.45, 2.75) is 37.8 Å². The number of nitrogens with zero attached hydrogens (tertiary/aromatic N) is 6. The molecule has 0 saturated heterocycles. The van der Waals surface area contributed by atoms with Crippen molar-refractivity contribution >= 4 is 34.1 Å². The minimum atomic E-state index is -0.896. The number of carbonyl (C=O) groups excluding carboxylic acids is 1. The Bertz CT molecular complexity index is 1370. The first-order valence-corrected chi connectivity index (χ1v) is 11.1. The monoisotopic (exact) mass is 463 g/mol. The zero-order valence-electron chi connectivity index (χ0n) is 18.9. The van der Waals surface area contributed by atoms with Gasteiger partial charge in [0.05, 0.1) is 41.6 Å². The van der Waals surface area contributed by atoms with Crippen molar-refractivity contribution < 1.29 is 19.4 Å². The molecule has 0 unspecified atom stereocenters. The van der Waals surface area contributed by atoms with Gasteiger partial charge in [-0.1, -0.05) is 0 Å². The first kappa shape index (κ1) is 21.7. The lowest BCUT2D eigenvalue weighted by atomic mass is 9.90. The highest BCUT2D eigenvalue weighted by Gasteiger charge is 2.28. The highest BCUT2D eigenvalue weighted by atomic mass is 16.5. The van der Waals surface area contributed by atoms with Crippen LogP contribution in [0.1, 0.15) is 42.1 Å². The highest BCUT2D eigenvalue weighted by molar-refractivity contribution is 6.09. The number of aromatic nitrogens is 5. The third-order valence-electron chi connectivity index (χ3n) is 6.55. The first-order valence-electron chi connectivity index (χ1n) is 11.1. The van der Waals surface area contributed by atoms with Gasteiger partial charge in [-0.2, -0.15) is 10.2 Å². The van der Waals surface area contributed by atoms with Gasteiger partial charge in [0.25, 0.3) is 5.91 Å². The summed E-state index contributed by atoms with van der Waals surface area (Å²) in [7, 11) is 3.15. The lowest BCUT2D eigenvalue weighted by molar-refractivity contribution is 0.102. The van der Waals surface area contributed by atoms with Gasteiger partial charge in [0.1, 0.15) is 12.1 Å². The average Bonchev–Trinajstić information content (AvgIpc) is 3.46. The molecule has 1 saturated carbocycles. The number of anilines is 1. The Balaban J connectivity index is 1.38. The number of ether oxygens (including phenoxy) is 1. The molecule has 1 fully saturated rings. The number of hydrogen-bond donors (Lipinski definition) is 2. The van der Waals surface area contributed by atoms with Gasteiger partial charge in [0, 0.05) is 36.9 Å². The molecule has 5 rings (SSSR count). The smallest absolute Gasteiger partial charge is 0.407 e. The zero-order valence-corrected chi connectivity index (χ0v) is 18.9. The Morgan fingerprint density at radius 1 is 1.24 bits per heavy atom. The Morgan fingerprint density at radius 3 is 2.76 bits per heavy atom. The standard InChI is InChI=1S/C23H25N7O4/c1-28(23(32)33)15-3-5-16(6-4-15)29-12-14-9-17(21(34-2)10-18(14)27-29)22(31)26-19-11-25-30-13-24-8-7-20(19)30/h7-13,15-16H,3-6H2,1-2H3,(H,26,31)(H,32,33). The second kappa shape index (κ2) is 8.65. The fourth-order valence-corrected chi connectivity index (χ4v) is 4.60. The third-order valence-corrected chi connectivity index (χ3v) is 6.55. The molecule has 3 heterocycles. The van der Waals surface area contributed by atoms with Gasteiger partial charge < -0.3 is 20.1 Å². The van der Waals surface area contributed by atoms with Crippen LogP contribution in [0.2, 0.25) is 0 Å².